The van der Waals surface area contributed by atoms with Crippen LogP contribution in [0.2, 0.25) is 0 Å². The first-order valence-electron chi connectivity index (χ1n) is 7.65. The highest BCUT2D eigenvalue weighted by atomic mass is 32.2. The molecule has 116 valence electrons. The Bertz CT molecular complexity index is 743. The summed E-state index contributed by atoms with van der Waals surface area (Å²) >= 11 is 0. The molecule has 0 aliphatic heterocycles. The molecule has 1 heterocycles. The summed E-state index contributed by atoms with van der Waals surface area (Å²) < 4.78 is 27.4. The maximum Gasteiger partial charge on any atom is 0.240 e. The van der Waals surface area contributed by atoms with E-state index in [1.165, 1.54) is 17.5 Å². The number of rotatable bonds is 5. The van der Waals surface area contributed by atoms with E-state index in [9.17, 15) is 8.42 Å². The monoisotopic (exact) mass is 316 g/mol. The fraction of sp³-hybridized carbons (Fsp3) is 0.353. The molecule has 0 saturated heterocycles. The molecule has 1 aromatic heterocycles. The van der Waals surface area contributed by atoms with Gasteiger partial charge in [-0.2, -0.15) is 0 Å². The van der Waals surface area contributed by atoms with Crippen LogP contribution in [-0.2, 0) is 29.3 Å². The van der Waals surface area contributed by atoms with Gasteiger partial charge < -0.3 is 0 Å². The molecule has 22 heavy (non-hydrogen) atoms. The van der Waals surface area contributed by atoms with Crippen molar-refractivity contribution in [3.05, 3.63) is 59.4 Å². The van der Waals surface area contributed by atoms with E-state index in [1.807, 2.05) is 24.3 Å². The lowest BCUT2D eigenvalue weighted by atomic mass is 9.92. The lowest BCUT2D eigenvalue weighted by Crippen LogP contribution is -2.26. The van der Waals surface area contributed by atoms with Gasteiger partial charge in [-0.1, -0.05) is 12.1 Å². The molecule has 1 aliphatic rings. The number of hydrogen-bond acceptors (Lipinski definition) is 3. The topological polar surface area (TPSA) is 59.1 Å². The molecular weight excluding hydrogens is 296 g/mol. The lowest BCUT2D eigenvalue weighted by Gasteiger charge is -2.16. The van der Waals surface area contributed by atoms with Crippen LogP contribution in [0.3, 0.4) is 0 Å². The van der Waals surface area contributed by atoms with Crippen molar-refractivity contribution in [2.45, 2.75) is 37.0 Å². The van der Waals surface area contributed by atoms with Crippen LogP contribution in [0.4, 0.5) is 0 Å². The number of benzene rings is 1. The fourth-order valence-electron chi connectivity index (χ4n) is 2.84. The molecule has 0 saturated carbocycles. The number of hydrogen-bond donors (Lipinski definition) is 1. The Hall–Kier alpha value is -1.72. The number of fused-ring (bicyclic) bond motifs is 1. The molecule has 1 aliphatic carbocycles. The van der Waals surface area contributed by atoms with Gasteiger partial charge in [-0.15, -0.1) is 0 Å². The maximum absolute atomic E-state index is 12.4. The zero-order valence-electron chi connectivity index (χ0n) is 12.5. The molecule has 0 spiro atoms. The van der Waals surface area contributed by atoms with Gasteiger partial charge in [0.25, 0.3) is 0 Å². The highest BCUT2D eigenvalue weighted by molar-refractivity contribution is 7.89. The van der Waals surface area contributed by atoms with Crippen LogP contribution in [0.5, 0.6) is 0 Å². The number of aromatic nitrogens is 1. The van der Waals surface area contributed by atoms with Crippen molar-refractivity contribution < 1.29 is 8.42 Å². The Labute approximate surface area is 131 Å². The predicted molar refractivity (Wildman–Crippen MR) is 86.2 cm³/mol. The van der Waals surface area contributed by atoms with Crippen molar-refractivity contribution >= 4 is 10.0 Å². The van der Waals surface area contributed by atoms with Crippen molar-refractivity contribution in [2.75, 3.05) is 6.54 Å². The summed E-state index contributed by atoms with van der Waals surface area (Å²) in [6, 6.07) is 9.31. The largest absolute Gasteiger partial charge is 0.264 e. The Morgan fingerprint density at radius 3 is 2.68 bits per heavy atom. The van der Waals surface area contributed by atoms with Gasteiger partial charge >= 0.3 is 0 Å². The number of nitrogens with one attached hydrogen (secondary N) is 1. The van der Waals surface area contributed by atoms with E-state index in [2.05, 4.69) is 9.71 Å². The zero-order chi connectivity index (χ0) is 15.4. The molecule has 4 nitrogen and oxygen atoms in total. The summed E-state index contributed by atoms with van der Waals surface area (Å²) in [5, 5.41) is 0. The summed E-state index contributed by atoms with van der Waals surface area (Å²) in [6.45, 7) is 0.380. The quantitative estimate of drug-likeness (QED) is 0.922. The SMILES string of the molecule is O=S(=O)(NCCc1cccnc1)c1ccc2c(c1)CCCC2. The van der Waals surface area contributed by atoms with Crippen molar-refractivity contribution in [3.63, 3.8) is 0 Å². The van der Waals surface area contributed by atoms with Crippen LogP contribution in [0.1, 0.15) is 29.5 Å². The fourth-order valence-corrected chi connectivity index (χ4v) is 3.92. The van der Waals surface area contributed by atoms with Crippen LogP contribution in [0.15, 0.2) is 47.6 Å². The van der Waals surface area contributed by atoms with Gasteiger partial charge in [0.2, 0.25) is 10.0 Å². The minimum absolute atomic E-state index is 0.374. The van der Waals surface area contributed by atoms with Gasteiger partial charge in [-0.25, -0.2) is 13.1 Å². The summed E-state index contributed by atoms with van der Waals surface area (Å²) in [5.74, 6) is 0. The molecule has 5 heteroatoms. The molecule has 1 aromatic carbocycles. The van der Waals surface area contributed by atoms with E-state index < -0.39 is 10.0 Å². The number of sulfonamides is 1. The van der Waals surface area contributed by atoms with E-state index >= 15 is 0 Å². The Morgan fingerprint density at radius 2 is 1.91 bits per heavy atom. The van der Waals surface area contributed by atoms with Crippen LogP contribution in [0, 0.1) is 0 Å². The van der Waals surface area contributed by atoms with E-state index in [-0.39, 0.29) is 0 Å². The summed E-state index contributed by atoms with van der Waals surface area (Å²) in [4.78, 5) is 4.40. The van der Waals surface area contributed by atoms with Gasteiger partial charge in [0.1, 0.15) is 0 Å². The molecular formula is C17H20N2O2S. The molecule has 0 bridgehead atoms. The maximum atomic E-state index is 12.4. The van der Waals surface area contributed by atoms with Crippen molar-refractivity contribution in [3.8, 4) is 0 Å². The number of nitrogens with zero attached hydrogens (tertiary/aromatic N) is 1. The average molecular weight is 316 g/mol. The third-order valence-electron chi connectivity index (χ3n) is 4.06. The first-order valence-corrected chi connectivity index (χ1v) is 9.14. The summed E-state index contributed by atoms with van der Waals surface area (Å²) in [7, 11) is -3.43. The van der Waals surface area contributed by atoms with Crippen LogP contribution >= 0.6 is 0 Å². The highest BCUT2D eigenvalue weighted by Crippen LogP contribution is 2.23. The van der Waals surface area contributed by atoms with Crippen molar-refractivity contribution in [2.24, 2.45) is 0 Å². The second-order valence-electron chi connectivity index (χ2n) is 5.65. The van der Waals surface area contributed by atoms with Crippen LogP contribution < -0.4 is 4.72 Å². The van der Waals surface area contributed by atoms with Gasteiger partial charge in [-0.05, 0) is 67.0 Å². The third-order valence-corrected chi connectivity index (χ3v) is 5.52. The average Bonchev–Trinajstić information content (AvgIpc) is 2.55. The van der Waals surface area contributed by atoms with Crippen molar-refractivity contribution in [1.82, 2.24) is 9.71 Å². The highest BCUT2D eigenvalue weighted by Gasteiger charge is 2.17. The summed E-state index contributed by atoms with van der Waals surface area (Å²) in [5.41, 5.74) is 3.50. The van der Waals surface area contributed by atoms with E-state index in [0.29, 0.717) is 17.9 Å². The van der Waals surface area contributed by atoms with Gasteiger partial charge in [-0.3, -0.25) is 4.98 Å². The first-order chi connectivity index (χ1) is 10.6. The molecule has 0 radical (unpaired) electrons. The molecule has 0 unspecified atom stereocenters. The predicted octanol–water partition coefficient (Wildman–Crippen LogP) is 2.48. The minimum atomic E-state index is -3.43. The Kier molecular flexibility index (Phi) is 4.55. The number of pyridine rings is 1. The van der Waals surface area contributed by atoms with Crippen LogP contribution in [-0.4, -0.2) is 19.9 Å². The normalized spacial score (nSPS) is 14.5. The second-order valence-corrected chi connectivity index (χ2v) is 7.41. The zero-order valence-corrected chi connectivity index (χ0v) is 13.3. The summed E-state index contributed by atoms with van der Waals surface area (Å²) in [6.07, 6.45) is 8.48. The standard InChI is InChI=1S/C17H20N2O2S/c20-22(21,19-11-9-14-4-3-10-18-13-14)17-8-7-15-5-1-2-6-16(15)12-17/h3-4,7-8,10,12-13,19H,1-2,5-6,9,11H2. The molecule has 0 fully saturated rings. The molecule has 2 aromatic rings. The van der Waals surface area contributed by atoms with Crippen molar-refractivity contribution in [1.29, 1.82) is 0 Å². The molecule has 1 N–H and O–H groups in total. The van der Waals surface area contributed by atoms with Gasteiger partial charge in [0.05, 0.1) is 4.90 Å². The molecule has 3 rings (SSSR count). The first kappa shape index (κ1) is 15.2. The third kappa shape index (κ3) is 3.54. The van der Waals surface area contributed by atoms with E-state index in [4.69, 9.17) is 0 Å². The van der Waals surface area contributed by atoms with E-state index in [1.54, 1.807) is 18.5 Å². The number of aryl methyl sites for hydroxylation is 2. The minimum Gasteiger partial charge on any atom is -0.264 e. The van der Waals surface area contributed by atoms with E-state index in [0.717, 1.165) is 24.8 Å². The van der Waals surface area contributed by atoms with Gasteiger partial charge in [0, 0.05) is 18.9 Å². The smallest absolute Gasteiger partial charge is 0.240 e. The second kappa shape index (κ2) is 6.58. The lowest BCUT2D eigenvalue weighted by molar-refractivity contribution is 0.581. The Morgan fingerprint density at radius 1 is 1.09 bits per heavy atom. The van der Waals surface area contributed by atoms with Gasteiger partial charge in [0.15, 0.2) is 0 Å². The Balaban J connectivity index is 1.67. The van der Waals surface area contributed by atoms with Crippen LogP contribution in [0.25, 0.3) is 0 Å². The molecule has 0 atom stereocenters. The molecule has 0 amide bonds.